The molecule has 1 aliphatic heterocycles. The maximum Gasteiger partial charge on any atom is 0.356 e. The van der Waals surface area contributed by atoms with Gasteiger partial charge >= 0.3 is 12.1 Å². The quantitative estimate of drug-likeness (QED) is 0.684. The number of hydrogen-bond acceptors (Lipinski definition) is 3. The largest absolute Gasteiger partial charge is 0.356 e. The smallest absolute Gasteiger partial charge is 0.334 e. The summed E-state index contributed by atoms with van der Waals surface area (Å²) in [5.74, 6) is 0. The van der Waals surface area contributed by atoms with Crippen LogP contribution in [0.25, 0.3) is 0 Å². The Morgan fingerprint density at radius 1 is 1.39 bits per heavy atom. The summed E-state index contributed by atoms with van der Waals surface area (Å²) in [6.45, 7) is 2.09. The average Bonchev–Trinajstić information content (AvgIpc) is 2.35. The first-order valence-electron chi connectivity index (χ1n) is 6.33. The molecule has 0 bridgehead atoms. The minimum atomic E-state index is -0.417. The lowest BCUT2D eigenvalue weighted by atomic mass is 9.96. The molecule has 1 aliphatic carbocycles. The van der Waals surface area contributed by atoms with E-state index < -0.39 is 6.03 Å². The van der Waals surface area contributed by atoms with Crippen LogP contribution in [0.4, 0.5) is 9.59 Å². The predicted octanol–water partition coefficient (Wildman–Crippen LogP) is 0.934. The first-order valence-corrected chi connectivity index (χ1v) is 6.33. The molecule has 0 unspecified atom stereocenters. The van der Waals surface area contributed by atoms with Gasteiger partial charge in [-0.3, -0.25) is 0 Å². The number of nitrogens with one attached hydrogen (secondary N) is 3. The van der Waals surface area contributed by atoms with Gasteiger partial charge < -0.3 is 5.32 Å². The Balaban J connectivity index is 1.79. The molecule has 0 radical (unpaired) electrons. The maximum atomic E-state index is 11.7. The highest BCUT2D eigenvalue weighted by Crippen LogP contribution is 2.17. The van der Waals surface area contributed by atoms with Crippen LogP contribution in [0.3, 0.4) is 0 Å². The van der Waals surface area contributed by atoms with E-state index >= 15 is 0 Å². The molecule has 2 rings (SSSR count). The second kappa shape index (κ2) is 5.70. The Bertz CT molecular complexity index is 362. The Morgan fingerprint density at radius 2 is 2.11 bits per heavy atom. The second-order valence-corrected chi connectivity index (χ2v) is 4.77. The molecule has 7 heteroatoms. The van der Waals surface area contributed by atoms with Crippen LogP contribution in [-0.4, -0.2) is 35.4 Å². The minimum Gasteiger partial charge on any atom is -0.334 e. The minimum absolute atomic E-state index is 0.223. The van der Waals surface area contributed by atoms with Gasteiger partial charge in [-0.15, -0.1) is 0 Å². The van der Waals surface area contributed by atoms with E-state index in [1.54, 1.807) is 6.92 Å². The van der Waals surface area contributed by atoms with E-state index in [0.29, 0.717) is 6.54 Å². The van der Waals surface area contributed by atoms with Crippen molar-refractivity contribution in [1.29, 1.82) is 0 Å². The summed E-state index contributed by atoms with van der Waals surface area (Å²) in [5.41, 5.74) is 5.60. The fraction of sp³-hybridized carbons (Fsp3) is 0.727. The van der Waals surface area contributed by atoms with Gasteiger partial charge in [-0.2, -0.15) is 5.10 Å². The van der Waals surface area contributed by atoms with E-state index in [1.807, 2.05) is 0 Å². The summed E-state index contributed by atoms with van der Waals surface area (Å²) in [6, 6.07) is -0.521. The van der Waals surface area contributed by atoms with Crippen molar-refractivity contribution in [3.63, 3.8) is 0 Å². The van der Waals surface area contributed by atoms with Crippen molar-refractivity contribution in [1.82, 2.24) is 21.2 Å². The Labute approximate surface area is 106 Å². The lowest BCUT2D eigenvalue weighted by Crippen LogP contribution is -2.57. The van der Waals surface area contributed by atoms with Crippen molar-refractivity contribution >= 4 is 17.8 Å². The Hall–Kier alpha value is -1.79. The average molecular weight is 253 g/mol. The molecule has 0 saturated heterocycles. The molecule has 0 spiro atoms. The van der Waals surface area contributed by atoms with Gasteiger partial charge in [0.15, 0.2) is 0 Å². The number of hydrazone groups is 1. The third kappa shape index (κ3) is 3.35. The molecule has 1 fully saturated rings. The van der Waals surface area contributed by atoms with Crippen molar-refractivity contribution in [2.24, 2.45) is 5.10 Å². The molecule has 2 aliphatic rings. The molecule has 0 aromatic heterocycles. The van der Waals surface area contributed by atoms with Crippen molar-refractivity contribution in [2.45, 2.75) is 45.1 Å². The molecule has 100 valence electrons. The normalized spacial score (nSPS) is 21.1. The zero-order valence-corrected chi connectivity index (χ0v) is 10.5. The number of carbonyl (C=O) groups is 2. The van der Waals surface area contributed by atoms with Gasteiger partial charge in [0.25, 0.3) is 0 Å². The number of nitrogens with zero attached hydrogens (tertiary/aromatic N) is 2. The summed E-state index contributed by atoms with van der Waals surface area (Å²) >= 11 is 0. The molecular weight excluding hydrogens is 234 g/mol. The van der Waals surface area contributed by atoms with Crippen LogP contribution in [0.2, 0.25) is 0 Å². The summed E-state index contributed by atoms with van der Waals surface area (Å²) in [7, 11) is 0. The maximum absolute atomic E-state index is 11.7. The molecule has 7 nitrogen and oxygen atoms in total. The van der Waals surface area contributed by atoms with Crippen LogP contribution in [0.1, 0.15) is 39.0 Å². The van der Waals surface area contributed by atoms with Crippen molar-refractivity contribution in [3.8, 4) is 0 Å². The highest BCUT2D eigenvalue weighted by Gasteiger charge is 2.22. The van der Waals surface area contributed by atoms with Gasteiger partial charge in [-0.25, -0.2) is 25.4 Å². The number of rotatable bonds is 2. The van der Waals surface area contributed by atoms with Gasteiger partial charge in [0.1, 0.15) is 0 Å². The molecule has 18 heavy (non-hydrogen) atoms. The molecule has 1 saturated carbocycles. The molecule has 0 atom stereocenters. The van der Waals surface area contributed by atoms with Gasteiger partial charge in [0, 0.05) is 6.04 Å². The van der Waals surface area contributed by atoms with Crippen LogP contribution in [0, 0.1) is 0 Å². The first kappa shape index (κ1) is 12.7. The van der Waals surface area contributed by atoms with Crippen LogP contribution in [-0.2, 0) is 0 Å². The van der Waals surface area contributed by atoms with Crippen molar-refractivity contribution < 1.29 is 9.59 Å². The van der Waals surface area contributed by atoms with E-state index in [1.165, 1.54) is 11.4 Å². The van der Waals surface area contributed by atoms with Crippen LogP contribution in [0.5, 0.6) is 0 Å². The Morgan fingerprint density at radius 3 is 2.83 bits per heavy atom. The predicted molar refractivity (Wildman–Crippen MR) is 66.9 cm³/mol. The zero-order chi connectivity index (χ0) is 13.0. The highest BCUT2D eigenvalue weighted by molar-refractivity contribution is 5.92. The molecule has 3 N–H and O–H groups in total. The standard InChI is InChI=1S/C11H19N5O2/c1-8-7-16(11(18)14-13-8)15-10(17)12-9-5-3-2-4-6-9/h9H,2-7H2,1H3,(H,14,18)(H2,12,15,17). The molecule has 0 aromatic rings. The van der Waals surface area contributed by atoms with E-state index in [9.17, 15) is 9.59 Å². The molecular formula is C11H19N5O2. The summed E-state index contributed by atoms with van der Waals surface area (Å²) in [4.78, 5) is 23.2. The fourth-order valence-electron chi connectivity index (χ4n) is 2.22. The monoisotopic (exact) mass is 253 g/mol. The lowest BCUT2D eigenvalue weighted by Gasteiger charge is -2.28. The van der Waals surface area contributed by atoms with E-state index in [0.717, 1.165) is 31.4 Å². The van der Waals surface area contributed by atoms with Gasteiger partial charge in [-0.1, -0.05) is 19.3 Å². The summed E-state index contributed by atoms with van der Waals surface area (Å²) < 4.78 is 0. The van der Waals surface area contributed by atoms with Crippen LogP contribution in [0.15, 0.2) is 5.10 Å². The number of amides is 4. The van der Waals surface area contributed by atoms with Gasteiger partial charge in [-0.05, 0) is 19.8 Å². The van der Waals surface area contributed by atoms with Crippen LogP contribution >= 0.6 is 0 Å². The number of carbonyl (C=O) groups excluding carboxylic acids is 2. The summed E-state index contributed by atoms with van der Waals surface area (Å²) in [5, 5.41) is 7.90. The van der Waals surface area contributed by atoms with E-state index in [-0.39, 0.29) is 12.1 Å². The van der Waals surface area contributed by atoms with E-state index in [4.69, 9.17) is 0 Å². The third-order valence-corrected chi connectivity index (χ3v) is 3.15. The topological polar surface area (TPSA) is 85.8 Å². The lowest BCUT2D eigenvalue weighted by molar-refractivity contribution is 0.170. The molecule has 4 amide bonds. The second-order valence-electron chi connectivity index (χ2n) is 4.77. The van der Waals surface area contributed by atoms with Crippen molar-refractivity contribution in [3.05, 3.63) is 0 Å². The van der Waals surface area contributed by atoms with E-state index in [2.05, 4.69) is 21.3 Å². The summed E-state index contributed by atoms with van der Waals surface area (Å²) in [6.07, 6.45) is 5.58. The van der Waals surface area contributed by atoms with Crippen LogP contribution < -0.4 is 16.2 Å². The third-order valence-electron chi connectivity index (χ3n) is 3.15. The Kier molecular flexibility index (Phi) is 4.01. The zero-order valence-electron chi connectivity index (χ0n) is 10.5. The number of hydrazine groups is 1. The van der Waals surface area contributed by atoms with Gasteiger partial charge in [0.05, 0.1) is 12.3 Å². The first-order chi connectivity index (χ1) is 8.65. The fourth-order valence-corrected chi connectivity index (χ4v) is 2.22. The SMILES string of the molecule is CC1=NNC(=O)N(NC(=O)NC2CCCCC2)C1. The van der Waals surface area contributed by atoms with Crippen molar-refractivity contribution in [2.75, 3.05) is 6.54 Å². The number of hydrogen-bond donors (Lipinski definition) is 3. The molecule has 1 heterocycles. The van der Waals surface area contributed by atoms with Gasteiger partial charge in [0.2, 0.25) is 0 Å². The molecule has 0 aromatic carbocycles. The number of urea groups is 2. The highest BCUT2D eigenvalue weighted by atomic mass is 16.2.